The van der Waals surface area contributed by atoms with Gasteiger partial charge in [0, 0.05) is 43.6 Å². The van der Waals surface area contributed by atoms with E-state index in [1.807, 2.05) is 39.9 Å². The smallest absolute Gasteiger partial charge is 0.254 e. The molecule has 0 spiro atoms. The molecule has 4 nitrogen and oxygen atoms in total. The highest BCUT2D eigenvalue weighted by molar-refractivity contribution is 7.08. The minimum atomic E-state index is 0.127. The largest absolute Gasteiger partial charge is 0.474 e. The number of hydrogen-bond acceptors (Lipinski definition) is 4. The lowest BCUT2D eigenvalue weighted by Gasteiger charge is -2.31. The summed E-state index contributed by atoms with van der Waals surface area (Å²) < 4.78 is 5.83. The number of thiophene rings is 1. The van der Waals surface area contributed by atoms with E-state index >= 15 is 0 Å². The zero-order valence-corrected chi connectivity index (χ0v) is 11.9. The summed E-state index contributed by atoms with van der Waals surface area (Å²) in [5.41, 5.74) is 0.791. The van der Waals surface area contributed by atoms with Crippen LogP contribution in [0.5, 0.6) is 5.88 Å². The number of ether oxygens (including phenoxy) is 1. The van der Waals surface area contributed by atoms with E-state index in [9.17, 15) is 4.79 Å². The first-order valence-corrected chi connectivity index (χ1v) is 7.66. The van der Waals surface area contributed by atoms with Gasteiger partial charge in [-0.3, -0.25) is 4.79 Å². The number of amides is 1. The highest BCUT2D eigenvalue weighted by Gasteiger charge is 2.24. The molecule has 1 amide bonds. The van der Waals surface area contributed by atoms with E-state index in [-0.39, 0.29) is 12.0 Å². The van der Waals surface area contributed by atoms with Gasteiger partial charge in [-0.1, -0.05) is 6.07 Å². The molecular weight excluding hydrogens is 272 g/mol. The lowest BCUT2D eigenvalue weighted by atomic mass is 10.1. The Hall–Kier alpha value is -1.88. The highest BCUT2D eigenvalue weighted by Crippen LogP contribution is 2.19. The van der Waals surface area contributed by atoms with E-state index < -0.39 is 0 Å². The van der Waals surface area contributed by atoms with Crippen LogP contribution in [-0.2, 0) is 0 Å². The van der Waals surface area contributed by atoms with Crippen LogP contribution >= 0.6 is 11.3 Å². The Morgan fingerprint density at radius 1 is 1.30 bits per heavy atom. The second-order valence-corrected chi connectivity index (χ2v) is 5.57. The van der Waals surface area contributed by atoms with Crippen LogP contribution in [0, 0.1) is 0 Å². The fourth-order valence-electron chi connectivity index (χ4n) is 2.33. The molecule has 5 heteroatoms. The molecule has 2 aromatic heterocycles. The van der Waals surface area contributed by atoms with Crippen LogP contribution in [0.25, 0.3) is 0 Å². The molecule has 1 fully saturated rings. The maximum Gasteiger partial charge on any atom is 0.254 e. The molecule has 0 atom stereocenters. The van der Waals surface area contributed by atoms with Gasteiger partial charge < -0.3 is 9.64 Å². The molecule has 0 bridgehead atoms. The van der Waals surface area contributed by atoms with E-state index in [1.165, 1.54) is 0 Å². The van der Waals surface area contributed by atoms with Gasteiger partial charge in [0.25, 0.3) is 5.91 Å². The Morgan fingerprint density at radius 3 is 2.80 bits per heavy atom. The number of piperidine rings is 1. The van der Waals surface area contributed by atoms with E-state index in [0.29, 0.717) is 5.88 Å². The molecule has 3 heterocycles. The van der Waals surface area contributed by atoms with Crippen molar-refractivity contribution < 1.29 is 9.53 Å². The summed E-state index contributed by atoms with van der Waals surface area (Å²) in [6, 6.07) is 7.53. The summed E-state index contributed by atoms with van der Waals surface area (Å²) in [5.74, 6) is 0.789. The average molecular weight is 288 g/mol. The Morgan fingerprint density at radius 2 is 2.15 bits per heavy atom. The van der Waals surface area contributed by atoms with Gasteiger partial charge in [-0.15, -0.1) is 0 Å². The van der Waals surface area contributed by atoms with E-state index in [2.05, 4.69) is 4.98 Å². The summed E-state index contributed by atoms with van der Waals surface area (Å²) in [6.07, 6.45) is 3.58. The maximum absolute atomic E-state index is 12.2. The summed E-state index contributed by atoms with van der Waals surface area (Å²) in [4.78, 5) is 18.3. The molecule has 0 aliphatic carbocycles. The maximum atomic E-state index is 12.2. The third-order valence-electron chi connectivity index (χ3n) is 3.42. The second-order valence-electron chi connectivity index (χ2n) is 4.79. The lowest BCUT2D eigenvalue weighted by Crippen LogP contribution is -2.41. The fourth-order valence-corrected chi connectivity index (χ4v) is 2.96. The number of carbonyl (C=O) groups is 1. The molecule has 0 N–H and O–H groups in total. The number of aromatic nitrogens is 1. The molecule has 1 aliphatic rings. The number of pyridine rings is 1. The van der Waals surface area contributed by atoms with Crippen LogP contribution in [0.3, 0.4) is 0 Å². The number of rotatable bonds is 3. The Kier molecular flexibility index (Phi) is 3.97. The Bertz CT molecular complexity index is 549. The molecule has 0 saturated carbocycles. The van der Waals surface area contributed by atoms with E-state index in [0.717, 1.165) is 31.5 Å². The van der Waals surface area contributed by atoms with Gasteiger partial charge >= 0.3 is 0 Å². The lowest BCUT2D eigenvalue weighted by molar-refractivity contribution is 0.0588. The number of hydrogen-bond donors (Lipinski definition) is 0. The Balaban J connectivity index is 1.53. The van der Waals surface area contributed by atoms with Gasteiger partial charge in [0.2, 0.25) is 5.88 Å². The first-order valence-electron chi connectivity index (χ1n) is 6.72. The van der Waals surface area contributed by atoms with Crippen molar-refractivity contribution in [1.82, 2.24) is 9.88 Å². The summed E-state index contributed by atoms with van der Waals surface area (Å²) in [5, 5.41) is 3.84. The standard InChI is InChI=1S/C15H16N2O2S/c18-15(12-6-10-20-11-12)17-8-4-13(5-9-17)19-14-3-1-2-7-16-14/h1-3,6-7,10-11,13H,4-5,8-9H2. The third kappa shape index (κ3) is 2.99. The zero-order chi connectivity index (χ0) is 13.8. The molecule has 3 rings (SSSR count). The van der Waals surface area contributed by atoms with Crippen molar-refractivity contribution in [2.45, 2.75) is 18.9 Å². The van der Waals surface area contributed by atoms with Gasteiger partial charge in [0.15, 0.2) is 0 Å². The van der Waals surface area contributed by atoms with Crippen LogP contribution in [-0.4, -0.2) is 35.0 Å². The predicted octanol–water partition coefficient (Wildman–Crippen LogP) is 2.83. The number of likely N-dealkylation sites (tertiary alicyclic amines) is 1. The highest BCUT2D eigenvalue weighted by atomic mass is 32.1. The summed E-state index contributed by atoms with van der Waals surface area (Å²) >= 11 is 1.55. The third-order valence-corrected chi connectivity index (χ3v) is 4.11. The molecule has 104 valence electrons. The van der Waals surface area contributed by atoms with Gasteiger partial charge in [0.05, 0.1) is 5.56 Å². The molecule has 0 aromatic carbocycles. The van der Waals surface area contributed by atoms with Gasteiger partial charge in [0.1, 0.15) is 6.10 Å². The number of nitrogens with zero attached hydrogens (tertiary/aromatic N) is 2. The molecule has 1 saturated heterocycles. The normalized spacial score (nSPS) is 16.1. The van der Waals surface area contributed by atoms with Crippen molar-refractivity contribution in [3.05, 3.63) is 46.8 Å². The van der Waals surface area contributed by atoms with Crippen LogP contribution in [0.2, 0.25) is 0 Å². The summed E-state index contributed by atoms with van der Waals surface area (Å²) in [7, 11) is 0. The summed E-state index contributed by atoms with van der Waals surface area (Å²) in [6.45, 7) is 1.48. The minimum Gasteiger partial charge on any atom is -0.474 e. The van der Waals surface area contributed by atoms with Gasteiger partial charge in [-0.2, -0.15) is 11.3 Å². The SMILES string of the molecule is O=C(c1ccsc1)N1CCC(Oc2ccccn2)CC1. The van der Waals surface area contributed by atoms with Gasteiger partial charge in [-0.05, 0) is 17.5 Å². The van der Waals surface area contributed by atoms with E-state index in [4.69, 9.17) is 4.74 Å². The monoisotopic (exact) mass is 288 g/mol. The molecule has 1 aliphatic heterocycles. The zero-order valence-electron chi connectivity index (χ0n) is 11.1. The molecule has 20 heavy (non-hydrogen) atoms. The Labute approximate surface area is 122 Å². The number of carbonyl (C=O) groups excluding carboxylic acids is 1. The average Bonchev–Trinajstić information content (AvgIpc) is 3.03. The quantitative estimate of drug-likeness (QED) is 0.872. The van der Waals surface area contributed by atoms with Crippen LogP contribution in [0.4, 0.5) is 0 Å². The minimum absolute atomic E-state index is 0.127. The molecular formula is C15H16N2O2S. The predicted molar refractivity (Wildman–Crippen MR) is 78.1 cm³/mol. The van der Waals surface area contributed by atoms with Gasteiger partial charge in [-0.25, -0.2) is 4.98 Å². The molecule has 0 unspecified atom stereocenters. The van der Waals surface area contributed by atoms with Crippen molar-refractivity contribution in [2.24, 2.45) is 0 Å². The molecule has 2 aromatic rings. The fraction of sp³-hybridized carbons (Fsp3) is 0.333. The van der Waals surface area contributed by atoms with Crippen LogP contribution in [0.15, 0.2) is 41.2 Å². The van der Waals surface area contributed by atoms with Crippen molar-refractivity contribution in [2.75, 3.05) is 13.1 Å². The first-order chi connectivity index (χ1) is 9.83. The van der Waals surface area contributed by atoms with Crippen LogP contribution in [0.1, 0.15) is 23.2 Å². The van der Waals surface area contributed by atoms with Crippen LogP contribution < -0.4 is 4.74 Å². The topological polar surface area (TPSA) is 42.4 Å². The first kappa shape index (κ1) is 13.1. The van der Waals surface area contributed by atoms with Crippen molar-refractivity contribution in [3.63, 3.8) is 0 Å². The van der Waals surface area contributed by atoms with Crippen molar-refractivity contribution >= 4 is 17.2 Å². The van der Waals surface area contributed by atoms with Crippen molar-refractivity contribution in [1.29, 1.82) is 0 Å². The van der Waals surface area contributed by atoms with Crippen molar-refractivity contribution in [3.8, 4) is 5.88 Å². The second kappa shape index (κ2) is 6.05. The van der Waals surface area contributed by atoms with E-state index in [1.54, 1.807) is 17.5 Å². The molecule has 0 radical (unpaired) electrons.